The van der Waals surface area contributed by atoms with Crippen molar-refractivity contribution in [2.24, 2.45) is 0 Å². The van der Waals surface area contributed by atoms with Crippen molar-refractivity contribution in [2.45, 2.75) is 34.3 Å². The summed E-state index contributed by atoms with van der Waals surface area (Å²) >= 11 is 13.3. The Labute approximate surface area is 178 Å². The third-order valence-electron chi connectivity index (χ3n) is 4.18. The van der Waals surface area contributed by atoms with Crippen LogP contribution in [0.3, 0.4) is 0 Å². The minimum atomic E-state index is -0.0821. The van der Waals surface area contributed by atoms with E-state index in [1.807, 2.05) is 26.2 Å². The minimum absolute atomic E-state index is 0.0821. The van der Waals surface area contributed by atoms with E-state index in [4.69, 9.17) is 27.9 Å². The Hall–Kier alpha value is -2.08. The van der Waals surface area contributed by atoms with Crippen molar-refractivity contribution in [2.75, 3.05) is 4.90 Å². The fourth-order valence-corrected chi connectivity index (χ4v) is 4.25. The molecule has 0 atom stereocenters. The maximum Gasteiger partial charge on any atom is 0.230 e. The Kier molecular flexibility index (Phi) is 6.28. The maximum absolute atomic E-state index is 12.4. The fourth-order valence-electron chi connectivity index (χ4n) is 3.10. The first kappa shape index (κ1) is 20.6. The van der Waals surface area contributed by atoms with Crippen LogP contribution >= 0.6 is 34.5 Å². The number of amides is 1. The van der Waals surface area contributed by atoms with E-state index in [2.05, 4.69) is 17.1 Å². The van der Waals surface area contributed by atoms with Crippen molar-refractivity contribution in [1.82, 2.24) is 4.98 Å². The molecular formula is C21H20Cl2N2O2S. The molecule has 0 saturated heterocycles. The highest BCUT2D eigenvalue weighted by molar-refractivity contribution is 7.14. The predicted octanol–water partition coefficient (Wildman–Crippen LogP) is 6.64. The van der Waals surface area contributed by atoms with Crippen LogP contribution in [0.4, 0.5) is 10.8 Å². The molecule has 0 fully saturated rings. The summed E-state index contributed by atoms with van der Waals surface area (Å²) in [5.74, 6) is 0.527. The molecule has 0 aliphatic heterocycles. The Balaban J connectivity index is 1.84. The summed E-state index contributed by atoms with van der Waals surface area (Å²) in [6.45, 7) is 7.88. The molecule has 0 aliphatic carbocycles. The van der Waals surface area contributed by atoms with E-state index in [0.717, 1.165) is 28.1 Å². The third kappa shape index (κ3) is 4.49. The number of aromatic nitrogens is 1. The summed E-state index contributed by atoms with van der Waals surface area (Å²) in [5.41, 5.74) is 4.86. The summed E-state index contributed by atoms with van der Waals surface area (Å²) in [6.07, 6.45) is 0. The highest BCUT2D eigenvalue weighted by Gasteiger charge is 2.22. The lowest BCUT2D eigenvalue weighted by Crippen LogP contribution is -2.24. The summed E-state index contributed by atoms with van der Waals surface area (Å²) in [6, 6.07) is 9.24. The molecule has 0 unspecified atom stereocenters. The number of nitrogens with zero attached hydrogens (tertiary/aromatic N) is 2. The van der Waals surface area contributed by atoms with Gasteiger partial charge in [0.05, 0.1) is 21.4 Å². The number of aryl methyl sites for hydroxylation is 3. The molecule has 4 nitrogen and oxygen atoms in total. The minimum Gasteiger partial charge on any atom is -0.487 e. The lowest BCUT2D eigenvalue weighted by atomic mass is 10.0. The van der Waals surface area contributed by atoms with Crippen LogP contribution in [-0.2, 0) is 11.4 Å². The summed E-state index contributed by atoms with van der Waals surface area (Å²) in [5, 5.41) is 3.43. The second-order valence-electron chi connectivity index (χ2n) is 6.59. The molecule has 1 heterocycles. The average Bonchev–Trinajstić information content (AvgIpc) is 3.07. The van der Waals surface area contributed by atoms with Gasteiger partial charge < -0.3 is 4.74 Å². The van der Waals surface area contributed by atoms with E-state index in [1.165, 1.54) is 11.3 Å². The van der Waals surface area contributed by atoms with Gasteiger partial charge in [0.15, 0.2) is 5.13 Å². The van der Waals surface area contributed by atoms with E-state index < -0.39 is 0 Å². The van der Waals surface area contributed by atoms with E-state index >= 15 is 0 Å². The van der Waals surface area contributed by atoms with Crippen molar-refractivity contribution in [1.29, 1.82) is 0 Å². The zero-order valence-corrected chi connectivity index (χ0v) is 18.4. The quantitative estimate of drug-likeness (QED) is 0.451. The Morgan fingerprint density at radius 3 is 2.39 bits per heavy atom. The molecule has 3 aromatic rings. The Morgan fingerprint density at radius 1 is 1.11 bits per heavy atom. The number of hydrogen-bond acceptors (Lipinski definition) is 4. The highest BCUT2D eigenvalue weighted by Crippen LogP contribution is 2.35. The first-order valence-corrected chi connectivity index (χ1v) is 10.3. The summed E-state index contributed by atoms with van der Waals surface area (Å²) in [4.78, 5) is 18.7. The lowest BCUT2D eigenvalue weighted by Gasteiger charge is -2.23. The molecule has 0 radical (unpaired) electrons. The molecule has 0 spiro atoms. The first-order valence-electron chi connectivity index (χ1n) is 8.67. The molecule has 0 N–H and O–H groups in total. The SMILES string of the molecule is CC(=O)N(c1nc(COc2ccc(Cl)c(Cl)c2)cs1)c1c(C)cc(C)cc1C. The number of carbonyl (C=O) groups excluding carboxylic acids is 1. The van der Waals surface area contributed by atoms with Gasteiger partial charge in [-0.05, 0) is 44.0 Å². The van der Waals surface area contributed by atoms with Gasteiger partial charge in [-0.15, -0.1) is 11.3 Å². The molecule has 3 rings (SSSR count). The number of benzene rings is 2. The molecule has 1 aromatic heterocycles. The second kappa shape index (κ2) is 8.52. The average molecular weight is 435 g/mol. The van der Waals surface area contributed by atoms with Crippen LogP contribution in [0.2, 0.25) is 10.0 Å². The predicted molar refractivity (Wildman–Crippen MR) is 116 cm³/mol. The van der Waals surface area contributed by atoms with Gasteiger partial charge in [0.2, 0.25) is 5.91 Å². The number of halogens is 2. The smallest absolute Gasteiger partial charge is 0.230 e. The van der Waals surface area contributed by atoms with Gasteiger partial charge in [-0.25, -0.2) is 4.98 Å². The van der Waals surface area contributed by atoms with Crippen molar-refractivity contribution < 1.29 is 9.53 Å². The van der Waals surface area contributed by atoms with Crippen LogP contribution in [0.1, 0.15) is 29.3 Å². The van der Waals surface area contributed by atoms with Crippen LogP contribution in [0, 0.1) is 20.8 Å². The third-order valence-corrected chi connectivity index (χ3v) is 5.80. The number of ether oxygens (including phenoxy) is 1. The molecule has 1 amide bonds. The summed E-state index contributed by atoms with van der Waals surface area (Å²) in [7, 11) is 0. The number of rotatable bonds is 5. The van der Waals surface area contributed by atoms with Crippen molar-refractivity contribution >= 4 is 51.3 Å². The standard InChI is InChI=1S/C21H20Cl2N2O2S/c1-12-7-13(2)20(14(3)8-12)25(15(4)26)21-24-16(11-28-21)10-27-17-5-6-18(22)19(23)9-17/h5-9,11H,10H2,1-4H3. The van der Waals surface area contributed by atoms with Crippen LogP contribution in [0.5, 0.6) is 5.75 Å². The van der Waals surface area contributed by atoms with Gasteiger partial charge >= 0.3 is 0 Å². The normalized spacial score (nSPS) is 10.8. The zero-order valence-electron chi connectivity index (χ0n) is 16.0. The molecule has 7 heteroatoms. The first-order chi connectivity index (χ1) is 13.3. The Bertz CT molecular complexity index is 1010. The largest absolute Gasteiger partial charge is 0.487 e. The van der Waals surface area contributed by atoms with Crippen molar-refractivity contribution in [3.63, 3.8) is 0 Å². The molecule has 0 bridgehead atoms. The fraction of sp³-hybridized carbons (Fsp3) is 0.238. The van der Waals surface area contributed by atoms with E-state index in [1.54, 1.807) is 30.0 Å². The highest BCUT2D eigenvalue weighted by atomic mass is 35.5. The van der Waals surface area contributed by atoms with Crippen LogP contribution < -0.4 is 9.64 Å². The van der Waals surface area contributed by atoms with Gasteiger partial charge in [-0.3, -0.25) is 9.69 Å². The van der Waals surface area contributed by atoms with Gasteiger partial charge in [-0.1, -0.05) is 40.9 Å². The van der Waals surface area contributed by atoms with E-state index in [-0.39, 0.29) is 12.5 Å². The molecule has 0 aliphatic rings. The zero-order chi connectivity index (χ0) is 20.4. The van der Waals surface area contributed by atoms with E-state index in [0.29, 0.717) is 20.9 Å². The summed E-state index contributed by atoms with van der Waals surface area (Å²) < 4.78 is 5.75. The van der Waals surface area contributed by atoms with Gasteiger partial charge in [-0.2, -0.15) is 0 Å². The lowest BCUT2D eigenvalue weighted by molar-refractivity contribution is -0.115. The molecule has 2 aromatic carbocycles. The molecule has 146 valence electrons. The van der Waals surface area contributed by atoms with Gasteiger partial charge in [0.25, 0.3) is 0 Å². The van der Waals surface area contributed by atoms with Gasteiger partial charge in [0.1, 0.15) is 12.4 Å². The molecule has 28 heavy (non-hydrogen) atoms. The van der Waals surface area contributed by atoms with E-state index in [9.17, 15) is 4.79 Å². The van der Waals surface area contributed by atoms with Crippen LogP contribution in [-0.4, -0.2) is 10.9 Å². The number of anilines is 2. The number of carbonyl (C=O) groups is 1. The van der Waals surface area contributed by atoms with Crippen molar-refractivity contribution in [3.05, 3.63) is 68.1 Å². The monoisotopic (exact) mass is 434 g/mol. The Morgan fingerprint density at radius 2 is 1.79 bits per heavy atom. The van der Waals surface area contributed by atoms with Gasteiger partial charge in [0, 0.05) is 18.4 Å². The second-order valence-corrected chi connectivity index (χ2v) is 8.24. The van der Waals surface area contributed by atoms with Crippen LogP contribution in [0.25, 0.3) is 0 Å². The number of hydrogen-bond donors (Lipinski definition) is 0. The van der Waals surface area contributed by atoms with Crippen molar-refractivity contribution in [3.8, 4) is 5.75 Å². The molecular weight excluding hydrogens is 415 g/mol. The number of thiazole rings is 1. The molecule has 0 saturated carbocycles. The topological polar surface area (TPSA) is 42.4 Å². The van der Waals surface area contributed by atoms with Crippen LogP contribution in [0.15, 0.2) is 35.7 Å². The maximum atomic E-state index is 12.4.